The van der Waals surface area contributed by atoms with Gasteiger partial charge in [0.2, 0.25) is 11.8 Å². The summed E-state index contributed by atoms with van der Waals surface area (Å²) in [6, 6.07) is 8.34. The molecule has 5 nitrogen and oxygen atoms in total. The zero-order chi connectivity index (χ0) is 13.0. The molecule has 0 radical (unpaired) electrons. The predicted octanol–water partition coefficient (Wildman–Crippen LogP) is 0.115. The van der Waals surface area contributed by atoms with Crippen molar-refractivity contribution in [2.24, 2.45) is 0 Å². The zero-order valence-corrected chi connectivity index (χ0v) is 9.93. The van der Waals surface area contributed by atoms with Crippen molar-refractivity contribution < 1.29 is 14.7 Å². The van der Waals surface area contributed by atoms with Crippen LogP contribution in [0.5, 0.6) is 0 Å². The van der Waals surface area contributed by atoms with Crippen LogP contribution in [0.3, 0.4) is 0 Å². The SMILES string of the molecule is O=C1CC[C@@H](C(=O)N[C@@H](CO)c2ccccc2)N1. The molecule has 1 aromatic carbocycles. The third-order valence-corrected chi connectivity index (χ3v) is 3.01. The second kappa shape index (κ2) is 5.64. The van der Waals surface area contributed by atoms with E-state index in [0.29, 0.717) is 12.8 Å². The van der Waals surface area contributed by atoms with E-state index >= 15 is 0 Å². The molecule has 0 spiro atoms. The fourth-order valence-corrected chi connectivity index (χ4v) is 2.00. The maximum Gasteiger partial charge on any atom is 0.243 e. The maximum absolute atomic E-state index is 11.9. The molecular formula is C13H16N2O3. The van der Waals surface area contributed by atoms with Gasteiger partial charge in [0.1, 0.15) is 6.04 Å². The molecule has 0 aromatic heterocycles. The van der Waals surface area contributed by atoms with Gasteiger partial charge in [-0.2, -0.15) is 0 Å². The lowest BCUT2D eigenvalue weighted by Gasteiger charge is -2.19. The second-order valence-corrected chi connectivity index (χ2v) is 4.31. The van der Waals surface area contributed by atoms with E-state index in [4.69, 9.17) is 0 Å². The zero-order valence-electron chi connectivity index (χ0n) is 9.93. The highest BCUT2D eigenvalue weighted by Crippen LogP contribution is 2.13. The van der Waals surface area contributed by atoms with E-state index in [9.17, 15) is 14.7 Å². The number of carbonyl (C=O) groups excluding carboxylic acids is 2. The van der Waals surface area contributed by atoms with Crippen molar-refractivity contribution in [3.8, 4) is 0 Å². The second-order valence-electron chi connectivity index (χ2n) is 4.31. The van der Waals surface area contributed by atoms with Gasteiger partial charge in [-0.25, -0.2) is 0 Å². The molecule has 1 aromatic rings. The largest absolute Gasteiger partial charge is 0.394 e. The third kappa shape index (κ3) is 2.87. The van der Waals surface area contributed by atoms with Gasteiger partial charge in [-0.15, -0.1) is 0 Å². The first-order valence-electron chi connectivity index (χ1n) is 5.96. The highest BCUT2D eigenvalue weighted by atomic mass is 16.3. The Kier molecular flexibility index (Phi) is 3.94. The van der Waals surface area contributed by atoms with Crippen molar-refractivity contribution in [3.63, 3.8) is 0 Å². The molecule has 1 heterocycles. The third-order valence-electron chi connectivity index (χ3n) is 3.01. The van der Waals surface area contributed by atoms with Gasteiger partial charge in [-0.1, -0.05) is 30.3 Å². The van der Waals surface area contributed by atoms with Crippen LogP contribution in [0.15, 0.2) is 30.3 Å². The Hall–Kier alpha value is -1.88. The number of aliphatic hydroxyl groups is 1. The average molecular weight is 248 g/mol. The van der Waals surface area contributed by atoms with Crippen LogP contribution >= 0.6 is 0 Å². The molecule has 3 N–H and O–H groups in total. The molecule has 0 aliphatic carbocycles. The summed E-state index contributed by atoms with van der Waals surface area (Å²) in [6.07, 6.45) is 0.894. The van der Waals surface area contributed by atoms with Gasteiger partial charge in [0.25, 0.3) is 0 Å². The number of carbonyl (C=O) groups is 2. The van der Waals surface area contributed by atoms with Gasteiger partial charge in [0.15, 0.2) is 0 Å². The molecule has 2 atom stereocenters. The number of hydrogen-bond donors (Lipinski definition) is 3. The van der Waals surface area contributed by atoms with E-state index in [2.05, 4.69) is 10.6 Å². The molecule has 18 heavy (non-hydrogen) atoms. The lowest BCUT2D eigenvalue weighted by molar-refractivity contribution is -0.126. The predicted molar refractivity (Wildman–Crippen MR) is 65.6 cm³/mol. The van der Waals surface area contributed by atoms with Crippen molar-refractivity contribution in [1.82, 2.24) is 10.6 Å². The van der Waals surface area contributed by atoms with E-state index in [0.717, 1.165) is 5.56 Å². The topological polar surface area (TPSA) is 78.4 Å². The van der Waals surface area contributed by atoms with E-state index in [1.54, 1.807) is 0 Å². The summed E-state index contributed by atoms with van der Waals surface area (Å²) < 4.78 is 0. The summed E-state index contributed by atoms with van der Waals surface area (Å²) in [7, 11) is 0. The fraction of sp³-hybridized carbons (Fsp3) is 0.385. The summed E-state index contributed by atoms with van der Waals surface area (Å²) in [5.74, 6) is -0.348. The normalized spacial score (nSPS) is 20.3. The molecule has 1 aliphatic heterocycles. The standard InChI is InChI=1S/C13H16N2O3/c16-8-11(9-4-2-1-3-5-9)15-13(18)10-6-7-12(17)14-10/h1-5,10-11,16H,6-8H2,(H,14,17)(H,15,18)/t10-,11-/m0/s1. The Morgan fingerprint density at radius 1 is 1.44 bits per heavy atom. The number of aliphatic hydroxyl groups excluding tert-OH is 1. The van der Waals surface area contributed by atoms with Gasteiger partial charge in [-0.3, -0.25) is 9.59 Å². The van der Waals surface area contributed by atoms with Crippen molar-refractivity contribution in [1.29, 1.82) is 0 Å². The van der Waals surface area contributed by atoms with Crippen LogP contribution in [0.4, 0.5) is 0 Å². The minimum absolute atomic E-state index is 0.101. The quantitative estimate of drug-likeness (QED) is 0.708. The van der Waals surface area contributed by atoms with Gasteiger partial charge in [-0.05, 0) is 12.0 Å². The van der Waals surface area contributed by atoms with Crippen molar-refractivity contribution in [2.45, 2.75) is 24.9 Å². The van der Waals surface area contributed by atoms with Crippen molar-refractivity contribution >= 4 is 11.8 Å². The van der Waals surface area contributed by atoms with E-state index in [1.807, 2.05) is 30.3 Å². The lowest BCUT2D eigenvalue weighted by Crippen LogP contribution is -2.43. The molecule has 96 valence electrons. The highest BCUT2D eigenvalue weighted by Gasteiger charge is 2.28. The number of rotatable bonds is 4. The number of amides is 2. The maximum atomic E-state index is 11.9. The summed E-state index contributed by atoms with van der Waals surface area (Å²) in [5.41, 5.74) is 0.845. The molecule has 0 unspecified atom stereocenters. The molecule has 2 rings (SSSR count). The number of benzene rings is 1. The first-order chi connectivity index (χ1) is 8.70. The molecule has 2 amide bonds. The van der Waals surface area contributed by atoms with Crippen LogP contribution in [0.25, 0.3) is 0 Å². The molecule has 0 saturated carbocycles. The van der Waals surface area contributed by atoms with Crippen LogP contribution in [0.1, 0.15) is 24.4 Å². The lowest BCUT2D eigenvalue weighted by atomic mass is 10.1. The summed E-state index contributed by atoms with van der Waals surface area (Å²) in [5, 5.41) is 14.7. The Morgan fingerprint density at radius 3 is 2.72 bits per heavy atom. The molecular weight excluding hydrogens is 232 g/mol. The first kappa shape index (κ1) is 12.6. The molecule has 0 bridgehead atoms. The monoisotopic (exact) mass is 248 g/mol. The Morgan fingerprint density at radius 2 is 2.17 bits per heavy atom. The van der Waals surface area contributed by atoms with Gasteiger partial charge in [0, 0.05) is 6.42 Å². The molecule has 1 saturated heterocycles. The Labute approximate surface area is 105 Å². The first-order valence-corrected chi connectivity index (χ1v) is 5.96. The van der Waals surface area contributed by atoms with E-state index in [1.165, 1.54) is 0 Å². The number of hydrogen-bond acceptors (Lipinski definition) is 3. The fourth-order valence-electron chi connectivity index (χ4n) is 2.00. The van der Waals surface area contributed by atoms with Crippen LogP contribution in [-0.2, 0) is 9.59 Å². The smallest absolute Gasteiger partial charge is 0.243 e. The minimum atomic E-state index is -0.477. The molecule has 5 heteroatoms. The summed E-state index contributed by atoms with van der Waals surface area (Å²) in [6.45, 7) is -0.170. The van der Waals surface area contributed by atoms with E-state index < -0.39 is 12.1 Å². The van der Waals surface area contributed by atoms with Crippen LogP contribution < -0.4 is 10.6 Å². The van der Waals surface area contributed by atoms with Crippen LogP contribution in [0.2, 0.25) is 0 Å². The van der Waals surface area contributed by atoms with Gasteiger partial charge in [0.05, 0.1) is 12.6 Å². The minimum Gasteiger partial charge on any atom is -0.394 e. The molecule has 1 aliphatic rings. The number of nitrogens with one attached hydrogen (secondary N) is 2. The van der Waals surface area contributed by atoms with Gasteiger partial charge >= 0.3 is 0 Å². The average Bonchev–Trinajstić information content (AvgIpc) is 2.83. The van der Waals surface area contributed by atoms with Crippen molar-refractivity contribution in [3.05, 3.63) is 35.9 Å². The highest BCUT2D eigenvalue weighted by molar-refractivity contribution is 5.90. The van der Waals surface area contributed by atoms with E-state index in [-0.39, 0.29) is 18.4 Å². The summed E-state index contributed by atoms with van der Waals surface area (Å²) >= 11 is 0. The van der Waals surface area contributed by atoms with Gasteiger partial charge < -0.3 is 15.7 Å². The summed E-state index contributed by atoms with van der Waals surface area (Å²) in [4.78, 5) is 22.9. The van der Waals surface area contributed by atoms with Crippen LogP contribution in [-0.4, -0.2) is 29.6 Å². The van der Waals surface area contributed by atoms with Crippen molar-refractivity contribution in [2.75, 3.05) is 6.61 Å². The van der Waals surface area contributed by atoms with Crippen LogP contribution in [0, 0.1) is 0 Å². The molecule has 1 fully saturated rings. The Balaban J connectivity index is 1.98. The Bertz CT molecular complexity index is 433.